The summed E-state index contributed by atoms with van der Waals surface area (Å²) < 4.78 is 0. The molecule has 0 aliphatic carbocycles. The lowest BCUT2D eigenvalue weighted by Crippen LogP contribution is -2.25. The van der Waals surface area contributed by atoms with Crippen molar-refractivity contribution in [1.82, 2.24) is 4.90 Å². The molecule has 1 unspecified atom stereocenters. The van der Waals surface area contributed by atoms with E-state index in [1.165, 1.54) is 38.0 Å². The Kier molecular flexibility index (Phi) is 3.88. The van der Waals surface area contributed by atoms with E-state index in [0.29, 0.717) is 5.41 Å². The molecule has 1 aromatic rings. The molecule has 0 N–H and O–H groups in total. The van der Waals surface area contributed by atoms with Gasteiger partial charge in [-0.15, -0.1) is 0 Å². The molecule has 1 fully saturated rings. The van der Waals surface area contributed by atoms with Crippen LogP contribution in [0.4, 0.5) is 0 Å². The highest BCUT2D eigenvalue weighted by Crippen LogP contribution is 2.28. The zero-order valence-corrected chi connectivity index (χ0v) is 11.4. The highest BCUT2D eigenvalue weighted by molar-refractivity contribution is 5.20. The first-order chi connectivity index (χ1) is 8.04. The van der Waals surface area contributed by atoms with Gasteiger partial charge in [0.05, 0.1) is 0 Å². The van der Waals surface area contributed by atoms with Crippen molar-refractivity contribution in [2.45, 2.75) is 39.5 Å². The highest BCUT2D eigenvalue weighted by Gasteiger charge is 2.24. The van der Waals surface area contributed by atoms with E-state index < -0.39 is 0 Å². The maximum atomic E-state index is 2.63. The molecule has 1 aliphatic rings. The lowest BCUT2D eigenvalue weighted by Gasteiger charge is -2.23. The van der Waals surface area contributed by atoms with Gasteiger partial charge in [0.1, 0.15) is 0 Å². The molecule has 0 radical (unpaired) electrons. The van der Waals surface area contributed by atoms with Crippen molar-refractivity contribution in [2.75, 3.05) is 19.6 Å². The fourth-order valence-corrected chi connectivity index (χ4v) is 2.53. The van der Waals surface area contributed by atoms with E-state index >= 15 is 0 Å². The summed E-state index contributed by atoms with van der Waals surface area (Å²) in [4.78, 5) is 2.63. The maximum absolute atomic E-state index is 2.63. The van der Waals surface area contributed by atoms with Crippen molar-refractivity contribution < 1.29 is 0 Å². The van der Waals surface area contributed by atoms with Crippen molar-refractivity contribution >= 4 is 0 Å². The lowest BCUT2D eigenvalue weighted by atomic mass is 9.92. The lowest BCUT2D eigenvalue weighted by molar-refractivity contribution is 0.263. The summed E-state index contributed by atoms with van der Waals surface area (Å²) in [5.41, 5.74) is 1.98. The van der Waals surface area contributed by atoms with E-state index in [-0.39, 0.29) is 0 Å². The molecule has 1 nitrogen and oxygen atoms in total. The first-order valence-electron chi connectivity index (χ1n) is 6.82. The summed E-state index contributed by atoms with van der Waals surface area (Å²) in [6, 6.07) is 11.0. The normalized spacial score (nSPS) is 21.9. The summed E-state index contributed by atoms with van der Waals surface area (Å²) >= 11 is 0. The standard InChI is InChI=1S/C16H25N/c1-16(2,3)10-12-17-11-9-15(13-17)14-7-5-4-6-8-14/h4-8,15H,9-13H2,1-3H3. The minimum absolute atomic E-state index is 0.463. The van der Waals surface area contributed by atoms with Gasteiger partial charge in [-0.25, -0.2) is 0 Å². The Balaban J connectivity index is 1.84. The molecule has 1 heteroatoms. The highest BCUT2D eigenvalue weighted by atomic mass is 15.1. The van der Waals surface area contributed by atoms with Gasteiger partial charge in [-0.3, -0.25) is 0 Å². The van der Waals surface area contributed by atoms with Gasteiger partial charge in [0.15, 0.2) is 0 Å². The molecule has 1 saturated heterocycles. The van der Waals surface area contributed by atoms with Crippen LogP contribution in [0, 0.1) is 5.41 Å². The second-order valence-electron chi connectivity index (χ2n) is 6.51. The van der Waals surface area contributed by atoms with Crippen LogP contribution in [-0.4, -0.2) is 24.5 Å². The molecular weight excluding hydrogens is 206 g/mol. The van der Waals surface area contributed by atoms with Crippen molar-refractivity contribution in [3.05, 3.63) is 35.9 Å². The third-order valence-corrected chi connectivity index (χ3v) is 3.72. The van der Waals surface area contributed by atoms with Crippen LogP contribution in [0.25, 0.3) is 0 Å². The van der Waals surface area contributed by atoms with Gasteiger partial charge >= 0.3 is 0 Å². The summed E-state index contributed by atoms with van der Waals surface area (Å²) in [6.07, 6.45) is 2.63. The summed E-state index contributed by atoms with van der Waals surface area (Å²) in [6.45, 7) is 10.8. The molecule has 0 spiro atoms. The zero-order valence-electron chi connectivity index (χ0n) is 11.4. The minimum atomic E-state index is 0.463. The van der Waals surface area contributed by atoms with E-state index in [9.17, 15) is 0 Å². The van der Waals surface area contributed by atoms with Gasteiger partial charge in [0.2, 0.25) is 0 Å². The number of nitrogens with zero attached hydrogens (tertiary/aromatic N) is 1. The van der Waals surface area contributed by atoms with Crippen LogP contribution < -0.4 is 0 Å². The number of likely N-dealkylation sites (tertiary alicyclic amines) is 1. The van der Waals surface area contributed by atoms with Gasteiger partial charge in [-0.1, -0.05) is 51.1 Å². The number of rotatable bonds is 3. The molecule has 0 amide bonds. The predicted molar refractivity (Wildman–Crippen MR) is 74.3 cm³/mol. The smallest absolute Gasteiger partial charge is 0.00508 e. The maximum Gasteiger partial charge on any atom is 0.00508 e. The largest absolute Gasteiger partial charge is 0.303 e. The minimum Gasteiger partial charge on any atom is -0.303 e. The van der Waals surface area contributed by atoms with Crippen LogP contribution in [0.15, 0.2) is 30.3 Å². The fraction of sp³-hybridized carbons (Fsp3) is 0.625. The predicted octanol–water partition coefficient (Wildman–Crippen LogP) is 3.91. The molecular formula is C16H25N. The van der Waals surface area contributed by atoms with Gasteiger partial charge in [0, 0.05) is 6.54 Å². The molecule has 1 aromatic carbocycles. The molecule has 0 aromatic heterocycles. The van der Waals surface area contributed by atoms with Crippen LogP contribution in [0.5, 0.6) is 0 Å². The van der Waals surface area contributed by atoms with Crippen LogP contribution in [0.3, 0.4) is 0 Å². The monoisotopic (exact) mass is 231 g/mol. The van der Waals surface area contributed by atoms with E-state index in [1.807, 2.05) is 0 Å². The topological polar surface area (TPSA) is 3.24 Å². The van der Waals surface area contributed by atoms with Crippen LogP contribution in [0.2, 0.25) is 0 Å². The van der Waals surface area contributed by atoms with Crippen LogP contribution in [-0.2, 0) is 0 Å². The Labute approximate surface area is 106 Å². The molecule has 1 aliphatic heterocycles. The van der Waals surface area contributed by atoms with E-state index in [1.54, 1.807) is 0 Å². The average Bonchev–Trinajstić information content (AvgIpc) is 2.75. The molecule has 0 bridgehead atoms. The van der Waals surface area contributed by atoms with Gasteiger partial charge in [0.25, 0.3) is 0 Å². The average molecular weight is 231 g/mol. The van der Waals surface area contributed by atoms with E-state index in [4.69, 9.17) is 0 Å². The van der Waals surface area contributed by atoms with Crippen molar-refractivity contribution in [2.24, 2.45) is 5.41 Å². The summed E-state index contributed by atoms with van der Waals surface area (Å²) in [5, 5.41) is 0. The van der Waals surface area contributed by atoms with Crippen molar-refractivity contribution in [3.63, 3.8) is 0 Å². The summed E-state index contributed by atoms with van der Waals surface area (Å²) in [5.74, 6) is 0.760. The van der Waals surface area contributed by atoms with E-state index in [0.717, 1.165) is 5.92 Å². The molecule has 1 atom stereocenters. The van der Waals surface area contributed by atoms with Gasteiger partial charge in [-0.05, 0) is 42.8 Å². The van der Waals surface area contributed by atoms with Crippen LogP contribution >= 0.6 is 0 Å². The molecule has 94 valence electrons. The van der Waals surface area contributed by atoms with Gasteiger partial charge in [-0.2, -0.15) is 0 Å². The first-order valence-corrected chi connectivity index (χ1v) is 6.82. The Morgan fingerprint density at radius 2 is 1.88 bits per heavy atom. The van der Waals surface area contributed by atoms with Crippen LogP contribution in [0.1, 0.15) is 45.1 Å². The Bertz CT molecular complexity index is 336. The van der Waals surface area contributed by atoms with E-state index in [2.05, 4.69) is 56.0 Å². The molecule has 17 heavy (non-hydrogen) atoms. The van der Waals surface area contributed by atoms with Crippen molar-refractivity contribution in [1.29, 1.82) is 0 Å². The Morgan fingerprint density at radius 3 is 2.53 bits per heavy atom. The first kappa shape index (κ1) is 12.6. The molecule has 0 saturated carbocycles. The second-order valence-corrected chi connectivity index (χ2v) is 6.51. The SMILES string of the molecule is CC(C)(C)CCN1CCC(c2ccccc2)C1. The molecule has 2 rings (SSSR count). The number of benzene rings is 1. The van der Waals surface area contributed by atoms with Crippen molar-refractivity contribution in [3.8, 4) is 0 Å². The fourth-order valence-electron chi connectivity index (χ4n) is 2.53. The third kappa shape index (κ3) is 3.85. The zero-order chi connectivity index (χ0) is 12.3. The Hall–Kier alpha value is -0.820. The second kappa shape index (κ2) is 5.22. The number of hydrogen-bond donors (Lipinski definition) is 0. The summed E-state index contributed by atoms with van der Waals surface area (Å²) in [7, 11) is 0. The molecule has 1 heterocycles. The van der Waals surface area contributed by atoms with Gasteiger partial charge < -0.3 is 4.90 Å². The number of hydrogen-bond acceptors (Lipinski definition) is 1. The third-order valence-electron chi connectivity index (χ3n) is 3.72. The quantitative estimate of drug-likeness (QED) is 0.762. The Morgan fingerprint density at radius 1 is 1.18 bits per heavy atom.